The van der Waals surface area contributed by atoms with Crippen LogP contribution in [-0.2, 0) is 0 Å². The van der Waals surface area contributed by atoms with E-state index < -0.39 is 0 Å². The second-order valence-electron chi connectivity index (χ2n) is 5.32. The highest BCUT2D eigenvalue weighted by Crippen LogP contribution is 2.37. The first-order valence-corrected chi connectivity index (χ1v) is 7.34. The normalized spacial score (nSPS) is 10.7. The van der Waals surface area contributed by atoms with Crippen LogP contribution in [-0.4, -0.2) is 26.3 Å². The summed E-state index contributed by atoms with van der Waals surface area (Å²) in [5.74, 6) is 0.796. The van der Waals surface area contributed by atoms with Gasteiger partial charge in [-0.1, -0.05) is 0 Å². The van der Waals surface area contributed by atoms with Crippen molar-refractivity contribution in [1.29, 1.82) is 0 Å². The van der Waals surface area contributed by atoms with Gasteiger partial charge in [0.2, 0.25) is 0 Å². The molecule has 2 aromatic carbocycles. The van der Waals surface area contributed by atoms with Crippen molar-refractivity contribution < 1.29 is 13.9 Å². The highest BCUT2D eigenvalue weighted by molar-refractivity contribution is 5.95. The number of nitrogen functional groups attached to an aromatic ring is 1. The van der Waals surface area contributed by atoms with Crippen LogP contribution >= 0.6 is 0 Å². The van der Waals surface area contributed by atoms with E-state index in [4.69, 9.17) is 15.2 Å². The number of nitrogens with zero attached hydrogens (tertiary/aromatic N) is 2. The van der Waals surface area contributed by atoms with Crippen molar-refractivity contribution in [2.24, 2.45) is 0 Å². The Hall–Kier alpha value is -3.02. The second-order valence-corrected chi connectivity index (χ2v) is 5.32. The van der Waals surface area contributed by atoms with Gasteiger partial charge in [-0.15, -0.1) is 0 Å². The molecule has 0 aliphatic carbocycles. The molecule has 0 saturated carbocycles. The molecule has 124 valence electrons. The SMILES string of the molecule is COc1cc2nccc(N(C)c3ccc(N)cc3F)c2cc1OC. The lowest BCUT2D eigenvalue weighted by Gasteiger charge is -2.22. The van der Waals surface area contributed by atoms with Crippen LogP contribution in [0.1, 0.15) is 0 Å². The first kappa shape index (κ1) is 15.9. The molecule has 5 nitrogen and oxygen atoms in total. The largest absolute Gasteiger partial charge is 0.493 e. The summed E-state index contributed by atoms with van der Waals surface area (Å²) in [5.41, 5.74) is 7.96. The predicted molar refractivity (Wildman–Crippen MR) is 93.7 cm³/mol. The maximum absolute atomic E-state index is 14.3. The van der Waals surface area contributed by atoms with Crippen molar-refractivity contribution in [1.82, 2.24) is 4.98 Å². The summed E-state index contributed by atoms with van der Waals surface area (Å²) in [6, 6.07) is 10.1. The number of nitrogens with two attached hydrogens (primary N) is 1. The van der Waals surface area contributed by atoms with Crippen LogP contribution in [0.3, 0.4) is 0 Å². The Morgan fingerprint density at radius 1 is 1.00 bits per heavy atom. The zero-order chi connectivity index (χ0) is 17.3. The minimum absolute atomic E-state index is 0.385. The van der Waals surface area contributed by atoms with Gasteiger partial charge in [0.05, 0.1) is 31.1 Å². The van der Waals surface area contributed by atoms with Gasteiger partial charge in [0.25, 0.3) is 0 Å². The molecule has 6 heteroatoms. The van der Waals surface area contributed by atoms with Gasteiger partial charge in [0.1, 0.15) is 5.82 Å². The first-order valence-electron chi connectivity index (χ1n) is 7.34. The van der Waals surface area contributed by atoms with Crippen LogP contribution in [0.5, 0.6) is 11.5 Å². The maximum Gasteiger partial charge on any atom is 0.162 e. The molecule has 0 bridgehead atoms. The monoisotopic (exact) mass is 327 g/mol. The Balaban J connectivity index is 2.18. The minimum atomic E-state index is -0.386. The number of methoxy groups -OCH3 is 2. The Bertz CT molecular complexity index is 899. The van der Waals surface area contributed by atoms with Gasteiger partial charge in [0, 0.05) is 30.4 Å². The Morgan fingerprint density at radius 3 is 2.38 bits per heavy atom. The summed E-state index contributed by atoms with van der Waals surface area (Å²) < 4.78 is 24.9. The minimum Gasteiger partial charge on any atom is -0.493 e. The number of rotatable bonds is 4. The number of hydrogen-bond donors (Lipinski definition) is 1. The molecule has 0 amide bonds. The van der Waals surface area contributed by atoms with Crippen molar-refractivity contribution >= 4 is 28.0 Å². The summed E-state index contributed by atoms with van der Waals surface area (Å²) in [6.45, 7) is 0. The number of ether oxygens (including phenoxy) is 2. The van der Waals surface area contributed by atoms with Crippen LogP contribution < -0.4 is 20.1 Å². The Labute approximate surface area is 139 Å². The number of fused-ring (bicyclic) bond motifs is 1. The fourth-order valence-corrected chi connectivity index (χ4v) is 2.68. The van der Waals surface area contributed by atoms with Crippen molar-refractivity contribution in [2.45, 2.75) is 0 Å². The molecular weight excluding hydrogens is 309 g/mol. The number of pyridine rings is 1. The van der Waals surface area contributed by atoms with Gasteiger partial charge in [0.15, 0.2) is 11.5 Å². The zero-order valence-electron chi connectivity index (χ0n) is 13.7. The lowest BCUT2D eigenvalue weighted by molar-refractivity contribution is 0.356. The molecule has 3 rings (SSSR count). The molecule has 24 heavy (non-hydrogen) atoms. The van der Waals surface area contributed by atoms with E-state index in [0.29, 0.717) is 22.9 Å². The highest BCUT2D eigenvalue weighted by atomic mass is 19.1. The fraction of sp³-hybridized carbons (Fsp3) is 0.167. The maximum atomic E-state index is 14.3. The molecule has 0 fully saturated rings. The van der Waals surface area contributed by atoms with Gasteiger partial charge in [-0.05, 0) is 30.3 Å². The zero-order valence-corrected chi connectivity index (χ0v) is 13.7. The van der Waals surface area contributed by atoms with Gasteiger partial charge in [-0.3, -0.25) is 4.98 Å². The third-order valence-corrected chi connectivity index (χ3v) is 3.92. The first-order chi connectivity index (χ1) is 11.5. The summed E-state index contributed by atoms with van der Waals surface area (Å²) in [4.78, 5) is 6.12. The summed E-state index contributed by atoms with van der Waals surface area (Å²) in [5, 5.41) is 0.828. The van der Waals surface area contributed by atoms with Crippen LogP contribution in [0.2, 0.25) is 0 Å². The van der Waals surface area contributed by atoms with E-state index in [1.54, 1.807) is 50.6 Å². The molecule has 0 aliphatic rings. The number of anilines is 3. The molecule has 0 unspecified atom stereocenters. The van der Waals surface area contributed by atoms with E-state index in [-0.39, 0.29) is 5.82 Å². The number of halogens is 1. The van der Waals surface area contributed by atoms with E-state index in [1.165, 1.54) is 6.07 Å². The highest BCUT2D eigenvalue weighted by Gasteiger charge is 2.15. The van der Waals surface area contributed by atoms with Gasteiger partial charge in [-0.2, -0.15) is 0 Å². The molecule has 0 atom stereocenters. The third-order valence-electron chi connectivity index (χ3n) is 3.92. The molecule has 3 aromatic rings. The van der Waals surface area contributed by atoms with Gasteiger partial charge < -0.3 is 20.1 Å². The van der Waals surface area contributed by atoms with Gasteiger partial charge >= 0.3 is 0 Å². The number of hydrogen-bond acceptors (Lipinski definition) is 5. The van der Waals surface area contributed by atoms with Crippen LogP contribution in [0.15, 0.2) is 42.6 Å². The average Bonchev–Trinajstić information content (AvgIpc) is 2.59. The average molecular weight is 327 g/mol. The third kappa shape index (κ3) is 2.67. The molecular formula is C18H18FN3O2. The van der Waals surface area contributed by atoms with Crippen LogP contribution in [0.4, 0.5) is 21.5 Å². The Kier molecular flexibility index (Phi) is 4.12. The van der Waals surface area contributed by atoms with Gasteiger partial charge in [-0.25, -0.2) is 4.39 Å². The van der Waals surface area contributed by atoms with Crippen LogP contribution in [0, 0.1) is 5.82 Å². The van der Waals surface area contributed by atoms with Crippen molar-refractivity contribution in [2.75, 3.05) is 31.9 Å². The number of benzene rings is 2. The standard InChI is InChI=1S/C18H18FN3O2/c1-22(16-5-4-11(20)8-13(16)19)15-6-7-21-14-10-18(24-3)17(23-2)9-12(14)15/h4-10H,20H2,1-3H3. The lowest BCUT2D eigenvalue weighted by atomic mass is 10.1. The Morgan fingerprint density at radius 2 is 1.71 bits per heavy atom. The van der Waals surface area contributed by atoms with E-state index in [0.717, 1.165) is 16.6 Å². The molecule has 0 aliphatic heterocycles. The second kappa shape index (κ2) is 6.23. The molecule has 1 aromatic heterocycles. The molecule has 1 heterocycles. The lowest BCUT2D eigenvalue weighted by Crippen LogP contribution is -2.12. The van der Waals surface area contributed by atoms with Crippen molar-refractivity contribution in [3.05, 3.63) is 48.4 Å². The van der Waals surface area contributed by atoms with Crippen molar-refractivity contribution in [3.63, 3.8) is 0 Å². The predicted octanol–water partition coefficient (Wildman–Crippen LogP) is 3.74. The summed E-state index contributed by atoms with van der Waals surface area (Å²) in [6.07, 6.45) is 1.68. The topological polar surface area (TPSA) is 60.6 Å². The van der Waals surface area contributed by atoms with Crippen molar-refractivity contribution in [3.8, 4) is 11.5 Å². The van der Waals surface area contributed by atoms with E-state index in [9.17, 15) is 4.39 Å². The molecule has 0 spiro atoms. The summed E-state index contributed by atoms with van der Waals surface area (Å²) in [7, 11) is 4.94. The van der Waals surface area contributed by atoms with Crippen LogP contribution in [0.25, 0.3) is 10.9 Å². The summed E-state index contributed by atoms with van der Waals surface area (Å²) >= 11 is 0. The smallest absolute Gasteiger partial charge is 0.162 e. The fourth-order valence-electron chi connectivity index (χ4n) is 2.68. The van der Waals surface area contributed by atoms with E-state index in [2.05, 4.69) is 4.98 Å². The van der Waals surface area contributed by atoms with E-state index >= 15 is 0 Å². The quantitative estimate of drug-likeness (QED) is 0.740. The molecule has 2 N–H and O–H groups in total. The molecule has 0 saturated heterocycles. The van der Waals surface area contributed by atoms with E-state index in [1.807, 2.05) is 12.1 Å². The molecule has 0 radical (unpaired) electrons. The number of aromatic nitrogens is 1.